The van der Waals surface area contributed by atoms with Crippen LogP contribution in [0.5, 0.6) is 5.75 Å². The van der Waals surface area contributed by atoms with E-state index in [-0.39, 0.29) is 58.4 Å². The fraction of sp³-hybridized carbons (Fsp3) is 0.583. The molecule has 0 bridgehead atoms. The van der Waals surface area contributed by atoms with Crippen LogP contribution in [0.25, 0.3) is 0 Å². The number of rotatable bonds is 20. The molecule has 2 N–H and O–H groups in total. The molecule has 1 aromatic carbocycles. The van der Waals surface area contributed by atoms with Gasteiger partial charge in [-0.3, -0.25) is 19.2 Å². The molecule has 0 aliphatic carbocycles. The third-order valence-electron chi connectivity index (χ3n) is 3.87. The minimum absolute atomic E-state index is 0. The van der Waals surface area contributed by atoms with Crippen LogP contribution in [0.3, 0.4) is 0 Å². The van der Waals surface area contributed by atoms with Crippen LogP contribution in [0.2, 0.25) is 0 Å². The summed E-state index contributed by atoms with van der Waals surface area (Å²) in [4.78, 5) is 41.8. The summed E-state index contributed by atoms with van der Waals surface area (Å²) < 4.78 is 30.7. The van der Waals surface area contributed by atoms with Gasteiger partial charge in [-0.05, 0) is 19.1 Å². The fourth-order valence-corrected chi connectivity index (χ4v) is 2.21. The van der Waals surface area contributed by atoms with Gasteiger partial charge >= 0.3 is 23.9 Å². The third kappa shape index (κ3) is 27.8. The average Bonchev–Trinajstić information content (AvgIpc) is 2.85. The van der Waals surface area contributed by atoms with Crippen LogP contribution < -0.4 is 4.74 Å². The third-order valence-corrected chi connectivity index (χ3v) is 3.87. The summed E-state index contributed by atoms with van der Waals surface area (Å²) in [5.41, 5.74) is 0. The monoisotopic (exact) mass is 580 g/mol. The Labute approximate surface area is 229 Å². The zero-order valence-corrected chi connectivity index (χ0v) is 24.2. The van der Waals surface area contributed by atoms with E-state index in [4.69, 9.17) is 33.9 Å². The molecule has 1 aromatic rings. The number of hydrogen-bond donors (Lipinski definition) is 2. The van der Waals surface area contributed by atoms with Gasteiger partial charge in [-0.25, -0.2) is 0 Å². The summed E-state index contributed by atoms with van der Waals surface area (Å²) in [5.74, 6) is -2.18. The maximum absolute atomic E-state index is 11.1. The van der Waals surface area contributed by atoms with Crippen LogP contribution >= 0.6 is 0 Å². The van der Waals surface area contributed by atoms with Gasteiger partial charge in [-0.2, -0.15) is 0 Å². The summed E-state index contributed by atoms with van der Waals surface area (Å²) in [5, 5.41) is 16.5. The van der Waals surface area contributed by atoms with Gasteiger partial charge in [-0.1, -0.05) is 18.2 Å². The smallest absolute Gasteiger partial charge is 0.306 e. The number of carbonyl (C=O) groups is 4. The van der Waals surface area contributed by atoms with E-state index in [1.165, 1.54) is 0 Å². The number of benzene rings is 1. The number of carboxylic acid groups (broad SMARTS) is 2. The van der Waals surface area contributed by atoms with Gasteiger partial charge in [0.05, 0.1) is 71.9 Å². The first-order chi connectivity index (χ1) is 17.3. The van der Waals surface area contributed by atoms with Gasteiger partial charge < -0.3 is 38.6 Å². The number of aliphatic carboxylic acids is 2. The number of para-hydroxylation sites is 1. The molecule has 1 rings (SSSR count). The number of ether oxygens (including phenoxy) is 6. The zero-order chi connectivity index (χ0) is 26.9. The second-order valence-electron chi connectivity index (χ2n) is 6.81. The molecule has 37 heavy (non-hydrogen) atoms. The van der Waals surface area contributed by atoms with Gasteiger partial charge in [0, 0.05) is 19.5 Å². The molecule has 12 nitrogen and oxygen atoms in total. The predicted octanol–water partition coefficient (Wildman–Crippen LogP) is 1.94. The summed E-state index contributed by atoms with van der Waals surface area (Å²) in [6.07, 6.45) is -0.551. The SMILES string of the molecule is CCOC(=O)CCC(=O)O.O=C(O)CCC(=O)OCCOCCOCCOCCOc1ccccc1.[Zn]. The average molecular weight is 582 g/mol. The summed E-state index contributed by atoms with van der Waals surface area (Å²) in [6, 6.07) is 9.53. The normalized spacial score (nSPS) is 9.76. The van der Waals surface area contributed by atoms with Crippen molar-refractivity contribution < 1.29 is 77.3 Å². The molecule has 13 heteroatoms. The van der Waals surface area contributed by atoms with E-state index in [2.05, 4.69) is 4.74 Å². The number of carbonyl (C=O) groups excluding carboxylic acids is 2. The van der Waals surface area contributed by atoms with Gasteiger partial charge in [0.25, 0.3) is 0 Å². The fourth-order valence-electron chi connectivity index (χ4n) is 2.21. The van der Waals surface area contributed by atoms with Crippen molar-refractivity contribution >= 4 is 23.9 Å². The van der Waals surface area contributed by atoms with Gasteiger partial charge in [-0.15, -0.1) is 0 Å². The molecule has 0 amide bonds. The maximum Gasteiger partial charge on any atom is 0.306 e. The first kappa shape index (κ1) is 36.6. The van der Waals surface area contributed by atoms with Crippen molar-refractivity contribution in [1.82, 2.24) is 0 Å². The predicted molar refractivity (Wildman–Crippen MR) is 126 cm³/mol. The molecule has 0 unspecified atom stereocenters. The minimum Gasteiger partial charge on any atom is -0.491 e. The Morgan fingerprint density at radius 1 is 0.622 bits per heavy atom. The quantitative estimate of drug-likeness (QED) is 0.131. The van der Waals surface area contributed by atoms with Crippen LogP contribution in [-0.2, 0) is 62.3 Å². The largest absolute Gasteiger partial charge is 0.491 e. The van der Waals surface area contributed by atoms with E-state index in [9.17, 15) is 19.2 Å². The van der Waals surface area contributed by atoms with Crippen molar-refractivity contribution in [2.24, 2.45) is 0 Å². The topological polar surface area (TPSA) is 164 Å². The molecule has 0 atom stereocenters. The van der Waals surface area contributed by atoms with Crippen molar-refractivity contribution in [3.8, 4) is 5.75 Å². The first-order valence-electron chi connectivity index (χ1n) is 11.5. The first-order valence-corrected chi connectivity index (χ1v) is 11.5. The van der Waals surface area contributed by atoms with Crippen molar-refractivity contribution in [2.75, 3.05) is 59.5 Å². The molecular weight excluding hydrogens is 546 g/mol. The second kappa shape index (κ2) is 26.5. The zero-order valence-electron chi connectivity index (χ0n) is 21.3. The summed E-state index contributed by atoms with van der Waals surface area (Å²) in [7, 11) is 0. The van der Waals surface area contributed by atoms with Crippen LogP contribution in [0, 0.1) is 0 Å². The minimum atomic E-state index is -1.02. The van der Waals surface area contributed by atoms with Crippen molar-refractivity contribution in [3.05, 3.63) is 30.3 Å². The van der Waals surface area contributed by atoms with E-state index in [1.54, 1.807) is 6.92 Å². The Morgan fingerprint density at radius 2 is 1.05 bits per heavy atom. The number of esters is 2. The molecule has 0 saturated heterocycles. The molecule has 0 heterocycles. The summed E-state index contributed by atoms with van der Waals surface area (Å²) >= 11 is 0. The Morgan fingerprint density at radius 3 is 1.51 bits per heavy atom. The molecule has 0 aliphatic rings. The molecule has 0 fully saturated rings. The van der Waals surface area contributed by atoms with Crippen LogP contribution in [0.4, 0.5) is 0 Å². The molecule has 0 spiro atoms. The molecular formula is C24H36O12Zn. The van der Waals surface area contributed by atoms with Gasteiger partial charge in [0.1, 0.15) is 19.0 Å². The van der Waals surface area contributed by atoms with E-state index >= 15 is 0 Å². The molecule has 0 radical (unpaired) electrons. The van der Waals surface area contributed by atoms with Gasteiger partial charge in [0.15, 0.2) is 0 Å². The Balaban J connectivity index is 0. The van der Waals surface area contributed by atoms with Crippen molar-refractivity contribution in [1.29, 1.82) is 0 Å². The maximum atomic E-state index is 11.1. The summed E-state index contributed by atoms with van der Waals surface area (Å²) in [6.45, 7) is 5.02. The number of carboxylic acids is 2. The van der Waals surface area contributed by atoms with E-state index in [0.29, 0.717) is 46.2 Å². The second-order valence-corrected chi connectivity index (χ2v) is 6.81. The molecule has 206 valence electrons. The van der Waals surface area contributed by atoms with E-state index < -0.39 is 23.9 Å². The Kier molecular flexibility index (Phi) is 26.2. The van der Waals surface area contributed by atoms with E-state index in [1.807, 2.05) is 30.3 Å². The molecule has 0 aromatic heterocycles. The standard InChI is InChI=1S/C18H26O8.C6H10O4.Zn/c19-17(20)6-7-18(21)26-15-13-24-11-9-22-8-10-23-12-14-25-16-4-2-1-3-5-16;1-2-10-6(9)4-3-5(7)8;/h1-5H,6-15H2,(H,19,20);2-4H2,1H3,(H,7,8);. The van der Waals surface area contributed by atoms with E-state index in [0.717, 1.165) is 5.75 Å². The van der Waals surface area contributed by atoms with Crippen molar-refractivity contribution in [3.63, 3.8) is 0 Å². The number of hydrogen-bond acceptors (Lipinski definition) is 10. The molecule has 0 saturated carbocycles. The van der Waals surface area contributed by atoms with Crippen LogP contribution in [0.15, 0.2) is 30.3 Å². The Hall–Kier alpha value is -2.60. The van der Waals surface area contributed by atoms with Crippen LogP contribution in [0.1, 0.15) is 32.6 Å². The van der Waals surface area contributed by atoms with Crippen LogP contribution in [-0.4, -0.2) is 93.6 Å². The van der Waals surface area contributed by atoms with Gasteiger partial charge in [0.2, 0.25) is 0 Å². The molecule has 0 aliphatic heterocycles. The van der Waals surface area contributed by atoms with Crippen molar-refractivity contribution in [2.45, 2.75) is 32.6 Å². The Bertz CT molecular complexity index is 730.